The molecule has 2 unspecified atom stereocenters. The highest BCUT2D eigenvalue weighted by atomic mass is 32.5. The second-order valence-electron chi connectivity index (χ2n) is 9.04. The minimum Gasteiger partial charge on any atom is -0.497 e. The number of nitrogen functional groups attached to an aromatic ring is 1. The highest BCUT2D eigenvalue weighted by Gasteiger charge is 2.61. The molecule has 4 aromatic rings. The van der Waals surface area contributed by atoms with Gasteiger partial charge in [0.1, 0.15) is 47.1 Å². The van der Waals surface area contributed by atoms with Crippen molar-refractivity contribution in [3.8, 4) is 23.0 Å². The topological polar surface area (TPSA) is 165 Å². The van der Waals surface area contributed by atoms with Gasteiger partial charge in [-0.15, -0.1) is 0 Å². The molecule has 1 aliphatic heterocycles. The largest absolute Gasteiger partial charge is 0.497 e. The van der Waals surface area contributed by atoms with Crippen molar-refractivity contribution in [2.24, 2.45) is 0 Å². The van der Waals surface area contributed by atoms with Gasteiger partial charge in [-0.25, -0.2) is 23.7 Å². The van der Waals surface area contributed by atoms with Crippen LogP contribution in [0.2, 0.25) is 0 Å². The molecule has 3 heterocycles. The highest BCUT2D eigenvalue weighted by Crippen LogP contribution is 2.53. The number of alkyl halides is 2. The number of hydrogen-bond donors (Lipinski definition) is 3. The summed E-state index contributed by atoms with van der Waals surface area (Å²) in [6, 6.07) is 12.5. The maximum Gasteiger partial charge on any atom is 0.435 e. The van der Waals surface area contributed by atoms with Crippen molar-refractivity contribution in [1.82, 2.24) is 19.5 Å². The van der Waals surface area contributed by atoms with Crippen molar-refractivity contribution in [3.05, 3.63) is 61.2 Å². The number of aromatic nitrogens is 4. The smallest absolute Gasteiger partial charge is 0.435 e. The van der Waals surface area contributed by atoms with Crippen LogP contribution in [-0.4, -0.2) is 74.8 Å². The Labute approximate surface area is 243 Å². The average Bonchev–Trinajstić information content (AvgIpc) is 3.53. The third-order valence-electron chi connectivity index (χ3n) is 6.49. The molecule has 17 heteroatoms. The van der Waals surface area contributed by atoms with E-state index in [2.05, 4.69) is 15.0 Å². The molecular weight excluding hydrogens is 599 g/mol. The minimum atomic E-state index is -3.93. The van der Waals surface area contributed by atoms with Crippen LogP contribution in [0.25, 0.3) is 11.2 Å². The first-order valence-electron chi connectivity index (χ1n) is 12.3. The SMILES string of the molecule is COc1ccc(OP(=S)(OC[C@@]2(C(F)F)O[C@@H](n3cnc4c(N)ncnc43)C(O)C2O)Oc2ccc(OC)cc2)cc1. The molecule has 0 amide bonds. The predicted octanol–water partition coefficient (Wildman–Crippen LogP) is 3.08. The lowest BCUT2D eigenvalue weighted by molar-refractivity contribution is -0.191. The van der Waals surface area contributed by atoms with Gasteiger partial charge in [0.05, 0.1) is 27.2 Å². The summed E-state index contributed by atoms with van der Waals surface area (Å²) in [7, 11) is 2.98. The van der Waals surface area contributed by atoms with Gasteiger partial charge in [-0.05, 0) is 48.5 Å². The molecule has 1 aliphatic rings. The highest BCUT2D eigenvalue weighted by molar-refractivity contribution is 8.07. The number of anilines is 1. The molecule has 4 N–H and O–H groups in total. The Bertz CT molecular complexity index is 1530. The number of benzene rings is 2. The number of halogens is 2. The third kappa shape index (κ3) is 5.69. The second kappa shape index (κ2) is 11.9. The van der Waals surface area contributed by atoms with Crippen LogP contribution in [-0.2, 0) is 21.1 Å². The summed E-state index contributed by atoms with van der Waals surface area (Å²) in [4.78, 5) is 12.0. The first kappa shape index (κ1) is 29.8. The van der Waals surface area contributed by atoms with Gasteiger partial charge in [-0.3, -0.25) is 9.09 Å². The molecule has 224 valence electrons. The van der Waals surface area contributed by atoms with E-state index in [0.717, 1.165) is 6.33 Å². The Morgan fingerprint density at radius 2 is 1.52 bits per heavy atom. The van der Waals surface area contributed by atoms with Gasteiger partial charge < -0.3 is 39.2 Å². The van der Waals surface area contributed by atoms with E-state index in [-0.39, 0.29) is 28.5 Å². The monoisotopic (exact) mass is 625 g/mol. The van der Waals surface area contributed by atoms with E-state index in [1.54, 1.807) is 24.3 Å². The molecule has 0 radical (unpaired) electrons. The van der Waals surface area contributed by atoms with Crippen LogP contribution in [0.3, 0.4) is 0 Å². The van der Waals surface area contributed by atoms with Gasteiger partial charge >= 0.3 is 6.72 Å². The van der Waals surface area contributed by atoms with Crippen LogP contribution in [0.5, 0.6) is 23.0 Å². The molecule has 0 saturated carbocycles. The van der Waals surface area contributed by atoms with Gasteiger partial charge in [-0.2, -0.15) is 0 Å². The minimum absolute atomic E-state index is 0.0299. The number of rotatable bonds is 11. The lowest BCUT2D eigenvalue weighted by atomic mass is 9.96. The van der Waals surface area contributed by atoms with Crippen LogP contribution in [0.4, 0.5) is 14.6 Å². The summed E-state index contributed by atoms with van der Waals surface area (Å²) in [5, 5.41) is 21.8. The number of methoxy groups -OCH3 is 2. The quantitative estimate of drug-likeness (QED) is 0.209. The number of aliphatic hydroxyl groups is 2. The van der Waals surface area contributed by atoms with Gasteiger partial charge in [0.15, 0.2) is 23.3 Å². The predicted molar refractivity (Wildman–Crippen MR) is 148 cm³/mol. The Balaban J connectivity index is 1.44. The van der Waals surface area contributed by atoms with E-state index < -0.39 is 43.8 Å². The molecular formula is C25H26F2N5O8PS. The van der Waals surface area contributed by atoms with E-state index in [1.165, 1.54) is 49.4 Å². The van der Waals surface area contributed by atoms with Crippen molar-refractivity contribution in [2.45, 2.75) is 30.5 Å². The first-order valence-corrected chi connectivity index (χ1v) is 14.8. The van der Waals surface area contributed by atoms with Gasteiger partial charge in [0.25, 0.3) is 6.43 Å². The van der Waals surface area contributed by atoms with E-state index in [1.807, 2.05) is 0 Å². The summed E-state index contributed by atoms with van der Waals surface area (Å²) in [6.45, 7) is -4.95. The summed E-state index contributed by atoms with van der Waals surface area (Å²) < 4.78 is 64.1. The van der Waals surface area contributed by atoms with Crippen LogP contribution >= 0.6 is 6.72 Å². The normalized spacial score (nSPS) is 22.4. The van der Waals surface area contributed by atoms with Crippen molar-refractivity contribution in [1.29, 1.82) is 0 Å². The standard InChI is InChI=1S/C25H26F2N5O8PS/c1-35-14-3-7-16(8-4-14)39-41(42,40-17-9-5-15(36-2)6-10-17)37-11-25(24(26)27)20(34)19(33)23(38-25)32-13-31-18-21(28)29-12-30-22(18)32/h3-10,12-13,19-20,23-24,33-34H,11H2,1-2H3,(H2,28,29,30)/t19?,20?,23-,25-/m1/s1. The summed E-state index contributed by atoms with van der Waals surface area (Å²) in [6.07, 6.45) is -6.56. The number of imidazole rings is 1. The number of hydrogen-bond acceptors (Lipinski definition) is 13. The van der Waals surface area contributed by atoms with E-state index in [9.17, 15) is 19.0 Å². The van der Waals surface area contributed by atoms with Gasteiger partial charge in [-0.1, -0.05) is 0 Å². The van der Waals surface area contributed by atoms with Crippen molar-refractivity contribution in [2.75, 3.05) is 26.6 Å². The number of fused-ring (bicyclic) bond motifs is 1. The molecule has 2 aromatic heterocycles. The van der Waals surface area contributed by atoms with Crippen LogP contribution in [0.1, 0.15) is 6.23 Å². The molecule has 1 saturated heterocycles. The Morgan fingerprint density at radius 1 is 0.976 bits per heavy atom. The zero-order valence-corrected chi connectivity index (χ0v) is 23.8. The molecule has 0 aliphatic carbocycles. The summed E-state index contributed by atoms with van der Waals surface area (Å²) in [5.74, 6) is 1.50. The third-order valence-corrected chi connectivity index (χ3v) is 8.57. The van der Waals surface area contributed by atoms with Gasteiger partial charge in [0, 0.05) is 11.8 Å². The van der Waals surface area contributed by atoms with E-state index in [0.29, 0.717) is 11.5 Å². The van der Waals surface area contributed by atoms with Crippen molar-refractivity contribution < 1.29 is 46.8 Å². The van der Waals surface area contributed by atoms with Crippen LogP contribution in [0, 0.1) is 0 Å². The lowest BCUT2D eigenvalue weighted by Crippen LogP contribution is -2.52. The average molecular weight is 626 g/mol. The Morgan fingerprint density at radius 3 is 2.05 bits per heavy atom. The van der Waals surface area contributed by atoms with E-state index >= 15 is 0 Å². The zero-order valence-electron chi connectivity index (χ0n) is 22.1. The maximum absolute atomic E-state index is 14.7. The lowest BCUT2D eigenvalue weighted by Gasteiger charge is -2.33. The number of nitrogens with two attached hydrogens (primary N) is 1. The Hall–Kier alpha value is -3.66. The molecule has 2 aromatic carbocycles. The number of ether oxygens (including phenoxy) is 3. The molecule has 4 atom stereocenters. The molecule has 0 bridgehead atoms. The number of aliphatic hydroxyl groups excluding tert-OH is 2. The van der Waals surface area contributed by atoms with Crippen molar-refractivity contribution in [3.63, 3.8) is 0 Å². The van der Waals surface area contributed by atoms with Crippen LogP contribution < -0.4 is 24.3 Å². The fourth-order valence-electron chi connectivity index (χ4n) is 4.23. The molecule has 5 rings (SSSR count). The molecule has 0 spiro atoms. The fourth-order valence-corrected chi connectivity index (χ4v) is 6.17. The van der Waals surface area contributed by atoms with E-state index in [4.69, 9.17) is 45.3 Å². The zero-order chi connectivity index (χ0) is 30.1. The van der Waals surface area contributed by atoms with Gasteiger partial charge in [0.2, 0.25) is 0 Å². The number of nitrogens with zero attached hydrogens (tertiary/aromatic N) is 4. The molecule has 42 heavy (non-hydrogen) atoms. The fraction of sp³-hybridized carbons (Fsp3) is 0.320. The summed E-state index contributed by atoms with van der Waals surface area (Å²) in [5.41, 5.74) is 3.32. The van der Waals surface area contributed by atoms with Crippen LogP contribution in [0.15, 0.2) is 61.2 Å². The summed E-state index contributed by atoms with van der Waals surface area (Å²) >= 11 is 5.61. The maximum atomic E-state index is 14.7. The second-order valence-corrected chi connectivity index (χ2v) is 11.9. The molecule has 13 nitrogen and oxygen atoms in total. The molecule has 1 fully saturated rings. The Kier molecular flexibility index (Phi) is 8.46. The first-order chi connectivity index (χ1) is 20.1. The van der Waals surface area contributed by atoms with Crippen molar-refractivity contribution >= 4 is 35.5 Å².